The van der Waals surface area contributed by atoms with E-state index in [1.54, 1.807) is 0 Å². The molecular formula is C14H21NO2. The Morgan fingerprint density at radius 3 is 2.88 bits per heavy atom. The zero-order valence-corrected chi connectivity index (χ0v) is 10.4. The first-order valence-electron chi connectivity index (χ1n) is 6.39. The number of ether oxygens (including phenoxy) is 2. The maximum absolute atomic E-state index is 5.78. The van der Waals surface area contributed by atoms with Crippen molar-refractivity contribution in [2.75, 3.05) is 6.61 Å². The van der Waals surface area contributed by atoms with Crippen molar-refractivity contribution in [3.63, 3.8) is 0 Å². The largest absolute Gasteiger partial charge is 0.353 e. The maximum Gasteiger partial charge on any atom is 0.159 e. The van der Waals surface area contributed by atoms with Crippen molar-refractivity contribution in [2.24, 2.45) is 0 Å². The Morgan fingerprint density at radius 2 is 2.18 bits per heavy atom. The lowest BCUT2D eigenvalue weighted by Gasteiger charge is -2.26. The fraction of sp³-hybridized carbons (Fsp3) is 0.571. The molecule has 94 valence electrons. The van der Waals surface area contributed by atoms with Crippen LogP contribution in [-0.4, -0.2) is 19.1 Å². The molecule has 1 N–H and O–H groups in total. The van der Waals surface area contributed by atoms with Gasteiger partial charge in [-0.1, -0.05) is 30.3 Å². The molecule has 0 saturated carbocycles. The van der Waals surface area contributed by atoms with Gasteiger partial charge in [0.05, 0.1) is 0 Å². The van der Waals surface area contributed by atoms with E-state index in [2.05, 4.69) is 17.4 Å². The van der Waals surface area contributed by atoms with E-state index < -0.39 is 0 Å². The molecule has 0 aromatic heterocycles. The standard InChI is InChI=1S/C14H21NO2/c1-12(17-14-9-5-6-10-16-14)15-11-13-7-3-2-4-8-13/h2-4,7-8,12,14-15H,5-6,9-11H2,1H3. The summed E-state index contributed by atoms with van der Waals surface area (Å²) in [5.74, 6) is 0. The van der Waals surface area contributed by atoms with Crippen molar-refractivity contribution in [3.05, 3.63) is 35.9 Å². The fourth-order valence-corrected chi connectivity index (χ4v) is 1.95. The third-order valence-electron chi connectivity index (χ3n) is 2.93. The Balaban J connectivity index is 1.68. The summed E-state index contributed by atoms with van der Waals surface area (Å²) < 4.78 is 11.3. The van der Waals surface area contributed by atoms with Gasteiger partial charge in [-0.25, -0.2) is 0 Å². The van der Waals surface area contributed by atoms with Gasteiger partial charge in [-0.2, -0.15) is 0 Å². The van der Waals surface area contributed by atoms with Crippen LogP contribution in [0.4, 0.5) is 0 Å². The fourth-order valence-electron chi connectivity index (χ4n) is 1.95. The molecule has 1 aromatic rings. The first kappa shape index (κ1) is 12.6. The van der Waals surface area contributed by atoms with Crippen LogP contribution in [0.2, 0.25) is 0 Å². The molecule has 2 unspecified atom stereocenters. The predicted octanol–water partition coefficient (Wildman–Crippen LogP) is 2.67. The van der Waals surface area contributed by atoms with E-state index in [0.717, 1.165) is 26.0 Å². The lowest BCUT2D eigenvalue weighted by molar-refractivity contribution is -0.190. The average Bonchev–Trinajstić information content (AvgIpc) is 2.39. The Labute approximate surface area is 103 Å². The van der Waals surface area contributed by atoms with Gasteiger partial charge in [0.2, 0.25) is 0 Å². The van der Waals surface area contributed by atoms with Crippen LogP contribution in [-0.2, 0) is 16.0 Å². The molecule has 0 radical (unpaired) electrons. The smallest absolute Gasteiger partial charge is 0.159 e. The summed E-state index contributed by atoms with van der Waals surface area (Å²) in [6.45, 7) is 3.69. The summed E-state index contributed by atoms with van der Waals surface area (Å²) in [6, 6.07) is 10.3. The third-order valence-corrected chi connectivity index (χ3v) is 2.93. The van der Waals surface area contributed by atoms with E-state index in [-0.39, 0.29) is 12.5 Å². The molecule has 1 fully saturated rings. The molecule has 0 amide bonds. The van der Waals surface area contributed by atoms with Crippen LogP contribution in [0.1, 0.15) is 31.7 Å². The van der Waals surface area contributed by atoms with Crippen molar-refractivity contribution in [1.82, 2.24) is 5.32 Å². The molecule has 0 bridgehead atoms. The second-order valence-corrected chi connectivity index (χ2v) is 4.44. The van der Waals surface area contributed by atoms with Crippen molar-refractivity contribution in [2.45, 2.75) is 45.2 Å². The van der Waals surface area contributed by atoms with Gasteiger partial charge in [0, 0.05) is 13.2 Å². The highest BCUT2D eigenvalue weighted by Gasteiger charge is 2.16. The SMILES string of the molecule is CC(NCc1ccccc1)OC1CCCCO1. The van der Waals surface area contributed by atoms with Crippen LogP contribution in [0, 0.1) is 0 Å². The third kappa shape index (κ3) is 4.46. The minimum atomic E-state index is -0.0259. The number of rotatable bonds is 5. The minimum absolute atomic E-state index is 0.0259. The highest BCUT2D eigenvalue weighted by atomic mass is 16.7. The Hall–Kier alpha value is -0.900. The molecule has 3 heteroatoms. The average molecular weight is 235 g/mol. The van der Waals surface area contributed by atoms with Crippen LogP contribution in [0.5, 0.6) is 0 Å². The Kier molecular flexibility index (Phi) is 4.98. The second kappa shape index (κ2) is 6.74. The molecule has 0 spiro atoms. The van der Waals surface area contributed by atoms with Crippen LogP contribution in [0.3, 0.4) is 0 Å². The summed E-state index contributed by atoms with van der Waals surface area (Å²) >= 11 is 0. The summed E-state index contributed by atoms with van der Waals surface area (Å²) in [7, 11) is 0. The number of hydrogen-bond donors (Lipinski definition) is 1. The Bertz CT molecular complexity index is 309. The second-order valence-electron chi connectivity index (χ2n) is 4.44. The summed E-state index contributed by atoms with van der Waals surface area (Å²) in [5, 5.41) is 3.34. The number of hydrogen-bond acceptors (Lipinski definition) is 3. The van der Waals surface area contributed by atoms with Gasteiger partial charge in [0.1, 0.15) is 6.23 Å². The van der Waals surface area contributed by atoms with Gasteiger partial charge in [-0.15, -0.1) is 0 Å². The van der Waals surface area contributed by atoms with Gasteiger partial charge in [0.25, 0.3) is 0 Å². The quantitative estimate of drug-likeness (QED) is 0.796. The minimum Gasteiger partial charge on any atom is -0.353 e. The van der Waals surface area contributed by atoms with Crippen LogP contribution in [0.15, 0.2) is 30.3 Å². The molecule has 1 heterocycles. The molecular weight excluding hydrogens is 214 g/mol. The topological polar surface area (TPSA) is 30.5 Å². The molecule has 17 heavy (non-hydrogen) atoms. The summed E-state index contributed by atoms with van der Waals surface area (Å²) in [5.41, 5.74) is 1.27. The lowest BCUT2D eigenvalue weighted by atomic mass is 10.2. The molecule has 1 aromatic carbocycles. The zero-order chi connectivity index (χ0) is 11.9. The van der Waals surface area contributed by atoms with E-state index in [4.69, 9.17) is 9.47 Å². The van der Waals surface area contributed by atoms with Gasteiger partial charge < -0.3 is 9.47 Å². The molecule has 0 aliphatic carbocycles. The van der Waals surface area contributed by atoms with E-state index in [9.17, 15) is 0 Å². The molecule has 2 rings (SSSR count). The highest BCUT2D eigenvalue weighted by Crippen LogP contribution is 2.14. The van der Waals surface area contributed by atoms with Crippen molar-refractivity contribution >= 4 is 0 Å². The van der Waals surface area contributed by atoms with Gasteiger partial charge in [0.15, 0.2) is 6.29 Å². The lowest BCUT2D eigenvalue weighted by Crippen LogP contribution is -2.35. The van der Waals surface area contributed by atoms with Gasteiger partial charge in [-0.05, 0) is 31.7 Å². The molecule has 1 aliphatic rings. The molecule has 1 aliphatic heterocycles. The normalized spacial score (nSPS) is 22.3. The highest BCUT2D eigenvalue weighted by molar-refractivity contribution is 5.14. The van der Waals surface area contributed by atoms with Crippen LogP contribution < -0.4 is 5.32 Å². The summed E-state index contributed by atoms with van der Waals surface area (Å²) in [6.07, 6.45) is 3.37. The van der Waals surface area contributed by atoms with Crippen LogP contribution in [0.25, 0.3) is 0 Å². The van der Waals surface area contributed by atoms with E-state index >= 15 is 0 Å². The van der Waals surface area contributed by atoms with Crippen molar-refractivity contribution < 1.29 is 9.47 Å². The van der Waals surface area contributed by atoms with E-state index in [1.807, 2.05) is 25.1 Å². The first-order chi connectivity index (χ1) is 8.34. The number of benzene rings is 1. The molecule has 3 nitrogen and oxygen atoms in total. The first-order valence-corrected chi connectivity index (χ1v) is 6.39. The predicted molar refractivity (Wildman–Crippen MR) is 67.4 cm³/mol. The summed E-state index contributed by atoms with van der Waals surface area (Å²) in [4.78, 5) is 0. The monoisotopic (exact) mass is 235 g/mol. The van der Waals surface area contributed by atoms with Gasteiger partial charge in [-0.3, -0.25) is 5.32 Å². The van der Waals surface area contributed by atoms with Crippen LogP contribution >= 0.6 is 0 Å². The van der Waals surface area contributed by atoms with E-state index in [1.165, 1.54) is 12.0 Å². The van der Waals surface area contributed by atoms with E-state index in [0.29, 0.717) is 0 Å². The zero-order valence-electron chi connectivity index (χ0n) is 10.4. The molecule has 2 atom stereocenters. The Morgan fingerprint density at radius 1 is 1.35 bits per heavy atom. The van der Waals surface area contributed by atoms with Crippen molar-refractivity contribution in [1.29, 1.82) is 0 Å². The van der Waals surface area contributed by atoms with Gasteiger partial charge >= 0.3 is 0 Å². The maximum atomic E-state index is 5.78. The van der Waals surface area contributed by atoms with Crippen molar-refractivity contribution in [3.8, 4) is 0 Å². The number of nitrogens with one attached hydrogen (secondary N) is 1. The molecule has 1 saturated heterocycles.